The lowest BCUT2D eigenvalue weighted by atomic mass is 9.83. The quantitative estimate of drug-likeness (QED) is 0.667. The Labute approximate surface area is 146 Å². The van der Waals surface area contributed by atoms with Gasteiger partial charge in [-0.1, -0.05) is 24.3 Å². The smallest absolute Gasteiger partial charge is 0.282 e. The van der Waals surface area contributed by atoms with E-state index in [1.807, 2.05) is 12.1 Å². The number of aryl methyl sites for hydroxylation is 1. The third-order valence-electron chi connectivity index (χ3n) is 4.65. The first-order valence-corrected chi connectivity index (χ1v) is 8.28. The Balaban J connectivity index is 1.77. The first-order chi connectivity index (χ1) is 12.1. The van der Waals surface area contributed by atoms with Crippen LogP contribution in [0.2, 0.25) is 0 Å². The first kappa shape index (κ1) is 17.0. The van der Waals surface area contributed by atoms with Crippen LogP contribution in [0.15, 0.2) is 42.5 Å². The minimum Gasteiger partial charge on any atom is -0.497 e. The van der Waals surface area contributed by atoms with E-state index in [1.54, 1.807) is 0 Å². The number of rotatable bonds is 5. The summed E-state index contributed by atoms with van der Waals surface area (Å²) in [7, 11) is 1.46. The minimum absolute atomic E-state index is 0.0217. The normalized spacial score (nSPS) is 16.0. The minimum atomic E-state index is -0.551. The van der Waals surface area contributed by atoms with Crippen LogP contribution in [-0.2, 0) is 6.42 Å². The number of nitrogens with one attached hydrogen (secondary N) is 1. The molecule has 0 aromatic heterocycles. The van der Waals surface area contributed by atoms with Gasteiger partial charge in [-0.05, 0) is 42.5 Å². The number of nitro groups is 1. The predicted octanol–water partition coefficient (Wildman–Crippen LogP) is 3.45. The number of ether oxygens (including phenoxy) is 1. The molecule has 1 aliphatic carbocycles. The predicted molar refractivity (Wildman–Crippen MR) is 94.1 cm³/mol. The number of hydrogen-bond acceptors (Lipinski definition) is 4. The number of nitro benzene ring substituents is 1. The summed E-state index contributed by atoms with van der Waals surface area (Å²) >= 11 is 0. The summed E-state index contributed by atoms with van der Waals surface area (Å²) in [4.78, 5) is 23.2. The first-order valence-electron chi connectivity index (χ1n) is 8.28. The summed E-state index contributed by atoms with van der Waals surface area (Å²) in [5.74, 6) is 0.200. The Bertz CT molecular complexity index is 804. The van der Waals surface area contributed by atoms with Gasteiger partial charge < -0.3 is 10.1 Å². The topological polar surface area (TPSA) is 81.5 Å². The number of nitrogens with zero attached hydrogens (tertiary/aromatic N) is 1. The molecule has 3 rings (SSSR count). The second kappa shape index (κ2) is 7.34. The molecule has 0 unspecified atom stereocenters. The van der Waals surface area contributed by atoms with Crippen molar-refractivity contribution in [1.82, 2.24) is 5.32 Å². The Morgan fingerprint density at radius 1 is 1.32 bits per heavy atom. The van der Waals surface area contributed by atoms with Crippen molar-refractivity contribution < 1.29 is 14.5 Å². The molecule has 2 aromatic rings. The van der Waals surface area contributed by atoms with Crippen molar-refractivity contribution in [3.8, 4) is 5.75 Å². The highest BCUT2D eigenvalue weighted by Gasteiger charge is 2.24. The SMILES string of the molecule is COc1ccc([N+](=O)[O-])c(C(=O)NC[C@H]2CCCc3ccccc32)c1. The van der Waals surface area contributed by atoms with Gasteiger partial charge in [0, 0.05) is 18.5 Å². The van der Waals surface area contributed by atoms with E-state index in [2.05, 4.69) is 17.4 Å². The molecule has 0 radical (unpaired) electrons. The molecular formula is C19H20N2O4. The Kier molecular flexibility index (Phi) is 4.97. The Morgan fingerprint density at radius 2 is 2.12 bits per heavy atom. The van der Waals surface area contributed by atoms with Crippen LogP contribution in [-0.4, -0.2) is 24.5 Å². The van der Waals surface area contributed by atoms with Gasteiger partial charge in [0.15, 0.2) is 0 Å². The zero-order valence-corrected chi connectivity index (χ0v) is 14.0. The van der Waals surface area contributed by atoms with E-state index in [-0.39, 0.29) is 17.2 Å². The highest BCUT2D eigenvalue weighted by molar-refractivity contribution is 5.98. The molecule has 1 aliphatic rings. The summed E-state index contributed by atoms with van der Waals surface area (Å²) in [6.07, 6.45) is 3.14. The molecule has 0 spiro atoms. The van der Waals surface area contributed by atoms with Crippen LogP contribution in [0.5, 0.6) is 5.75 Å². The van der Waals surface area contributed by atoms with E-state index in [9.17, 15) is 14.9 Å². The lowest BCUT2D eigenvalue weighted by Crippen LogP contribution is -2.30. The van der Waals surface area contributed by atoms with Gasteiger partial charge in [0.2, 0.25) is 0 Å². The molecule has 0 bridgehead atoms. The Morgan fingerprint density at radius 3 is 2.88 bits per heavy atom. The van der Waals surface area contributed by atoms with Crippen molar-refractivity contribution in [2.24, 2.45) is 0 Å². The standard InChI is InChI=1S/C19H20N2O4/c1-25-15-9-10-18(21(23)24)17(11-15)19(22)20-12-14-7-4-6-13-5-2-3-8-16(13)14/h2-3,5,8-11,14H,4,6-7,12H2,1H3,(H,20,22)/t14-/m1/s1. The molecule has 0 heterocycles. The van der Waals surface area contributed by atoms with Crippen molar-refractivity contribution in [2.75, 3.05) is 13.7 Å². The van der Waals surface area contributed by atoms with E-state index < -0.39 is 10.8 Å². The summed E-state index contributed by atoms with van der Waals surface area (Å²) < 4.78 is 5.08. The largest absolute Gasteiger partial charge is 0.497 e. The number of amides is 1. The molecule has 130 valence electrons. The van der Waals surface area contributed by atoms with Crippen molar-refractivity contribution in [1.29, 1.82) is 0 Å². The lowest BCUT2D eigenvalue weighted by molar-refractivity contribution is -0.385. The van der Waals surface area contributed by atoms with Gasteiger partial charge in [0.05, 0.1) is 12.0 Å². The van der Waals surface area contributed by atoms with Crippen LogP contribution in [0.1, 0.15) is 40.2 Å². The van der Waals surface area contributed by atoms with E-state index >= 15 is 0 Å². The van der Waals surface area contributed by atoms with Crippen LogP contribution < -0.4 is 10.1 Å². The van der Waals surface area contributed by atoms with E-state index in [4.69, 9.17) is 4.74 Å². The van der Waals surface area contributed by atoms with E-state index in [0.717, 1.165) is 19.3 Å². The fourth-order valence-corrected chi connectivity index (χ4v) is 3.36. The third kappa shape index (κ3) is 3.63. The number of benzene rings is 2. The van der Waals surface area contributed by atoms with Crippen LogP contribution in [0.3, 0.4) is 0 Å². The molecule has 6 heteroatoms. The third-order valence-corrected chi connectivity index (χ3v) is 4.65. The van der Waals surface area contributed by atoms with Gasteiger partial charge in [-0.2, -0.15) is 0 Å². The van der Waals surface area contributed by atoms with Gasteiger partial charge >= 0.3 is 0 Å². The van der Waals surface area contributed by atoms with E-state index in [1.165, 1.54) is 36.4 Å². The second-order valence-electron chi connectivity index (χ2n) is 6.14. The van der Waals surface area contributed by atoms with Gasteiger partial charge in [0.1, 0.15) is 11.3 Å². The van der Waals surface area contributed by atoms with Crippen LogP contribution >= 0.6 is 0 Å². The van der Waals surface area contributed by atoms with Crippen LogP contribution in [0.25, 0.3) is 0 Å². The highest BCUT2D eigenvalue weighted by atomic mass is 16.6. The average molecular weight is 340 g/mol. The van der Waals surface area contributed by atoms with E-state index in [0.29, 0.717) is 12.3 Å². The molecule has 0 aliphatic heterocycles. The van der Waals surface area contributed by atoms with Crippen LogP contribution in [0, 0.1) is 10.1 Å². The number of carbonyl (C=O) groups is 1. The van der Waals surface area contributed by atoms with Gasteiger partial charge in [-0.15, -0.1) is 0 Å². The van der Waals surface area contributed by atoms with Gasteiger partial charge in [0.25, 0.3) is 11.6 Å². The molecule has 0 fully saturated rings. The monoisotopic (exact) mass is 340 g/mol. The number of methoxy groups -OCH3 is 1. The molecule has 6 nitrogen and oxygen atoms in total. The molecule has 1 atom stereocenters. The van der Waals surface area contributed by atoms with Crippen molar-refractivity contribution in [2.45, 2.75) is 25.2 Å². The average Bonchev–Trinajstić information content (AvgIpc) is 2.65. The molecular weight excluding hydrogens is 320 g/mol. The van der Waals surface area contributed by atoms with Gasteiger partial charge in [-0.25, -0.2) is 0 Å². The van der Waals surface area contributed by atoms with Crippen molar-refractivity contribution >= 4 is 11.6 Å². The summed E-state index contributed by atoms with van der Waals surface area (Å²) in [6, 6.07) is 12.4. The second-order valence-corrected chi connectivity index (χ2v) is 6.14. The fraction of sp³-hybridized carbons (Fsp3) is 0.316. The highest BCUT2D eigenvalue weighted by Crippen LogP contribution is 2.31. The summed E-state index contributed by atoms with van der Waals surface area (Å²) in [5.41, 5.74) is 2.38. The summed E-state index contributed by atoms with van der Waals surface area (Å²) in [5, 5.41) is 14.0. The maximum atomic E-state index is 12.5. The molecule has 0 saturated heterocycles. The molecule has 0 saturated carbocycles. The zero-order chi connectivity index (χ0) is 17.8. The molecule has 1 amide bonds. The van der Waals surface area contributed by atoms with Crippen molar-refractivity contribution in [3.05, 3.63) is 69.3 Å². The fourth-order valence-electron chi connectivity index (χ4n) is 3.36. The zero-order valence-electron chi connectivity index (χ0n) is 14.0. The Hall–Kier alpha value is -2.89. The number of hydrogen-bond donors (Lipinski definition) is 1. The van der Waals surface area contributed by atoms with Crippen molar-refractivity contribution in [3.63, 3.8) is 0 Å². The van der Waals surface area contributed by atoms with Crippen LogP contribution in [0.4, 0.5) is 5.69 Å². The molecule has 1 N–H and O–H groups in total. The lowest BCUT2D eigenvalue weighted by Gasteiger charge is -2.25. The number of fused-ring (bicyclic) bond motifs is 1. The molecule has 25 heavy (non-hydrogen) atoms. The van der Waals surface area contributed by atoms with Gasteiger partial charge in [-0.3, -0.25) is 14.9 Å². The summed E-state index contributed by atoms with van der Waals surface area (Å²) in [6.45, 7) is 0.463. The molecule has 2 aromatic carbocycles. The maximum absolute atomic E-state index is 12.5. The number of carbonyl (C=O) groups excluding carboxylic acids is 1. The maximum Gasteiger partial charge on any atom is 0.282 e.